The number of fused-ring (bicyclic) bond motifs is 10. The van der Waals surface area contributed by atoms with Crippen LogP contribution < -0.4 is 0 Å². The Morgan fingerprint density at radius 3 is 1.25 bits per heavy atom. The van der Waals surface area contributed by atoms with Crippen molar-refractivity contribution < 1.29 is 38.0 Å². The van der Waals surface area contributed by atoms with Crippen LogP contribution in [0.4, 0.5) is 0 Å². The Kier molecular flexibility index (Phi) is 11.9. The molecular formula is C55H88O8. The van der Waals surface area contributed by atoms with Crippen LogP contribution in [-0.2, 0) is 38.0 Å². The highest BCUT2D eigenvalue weighted by Gasteiger charge is 2.65. The van der Waals surface area contributed by atoms with Crippen LogP contribution in [-0.4, -0.2) is 64.2 Å². The third-order valence-corrected chi connectivity index (χ3v) is 23.5. The van der Waals surface area contributed by atoms with Crippen LogP contribution in [0, 0.1) is 98.1 Å². The summed E-state index contributed by atoms with van der Waals surface area (Å²) in [5.41, 5.74) is 1.34. The molecule has 8 aliphatic carbocycles. The largest absolute Gasteiger partial charge is 0.469 e. The van der Waals surface area contributed by atoms with Crippen molar-refractivity contribution in [2.24, 2.45) is 98.1 Å². The molecule has 0 aromatic heterocycles. The van der Waals surface area contributed by atoms with Crippen molar-refractivity contribution >= 4 is 11.9 Å². The van der Waals surface area contributed by atoms with Crippen molar-refractivity contribution in [3.8, 4) is 0 Å². The van der Waals surface area contributed by atoms with Gasteiger partial charge in [0.25, 0.3) is 0 Å². The van der Waals surface area contributed by atoms with Crippen LogP contribution in [0.1, 0.15) is 183 Å². The zero-order valence-electron chi connectivity index (χ0n) is 41.1. The fraction of sp³-hybridized carbons (Fsp3) is 0.964. The van der Waals surface area contributed by atoms with Crippen molar-refractivity contribution in [3.63, 3.8) is 0 Å². The number of ether oxygens (including phenoxy) is 6. The van der Waals surface area contributed by atoms with E-state index >= 15 is 0 Å². The molecule has 8 nitrogen and oxygen atoms in total. The molecule has 2 heterocycles. The lowest BCUT2D eigenvalue weighted by molar-refractivity contribution is -0.389. The summed E-state index contributed by atoms with van der Waals surface area (Å²) in [5.74, 6) is 7.84. The molecule has 10 aliphatic rings. The van der Waals surface area contributed by atoms with Gasteiger partial charge >= 0.3 is 11.9 Å². The molecular weight excluding hydrogens is 789 g/mol. The summed E-state index contributed by atoms with van der Waals surface area (Å²) in [4.78, 5) is 24.0. The van der Waals surface area contributed by atoms with Gasteiger partial charge in [-0.15, -0.1) is 0 Å². The zero-order chi connectivity index (χ0) is 44.2. The van der Waals surface area contributed by atoms with E-state index in [-0.39, 0.29) is 17.4 Å². The van der Waals surface area contributed by atoms with E-state index in [0.717, 1.165) is 85.9 Å². The van der Waals surface area contributed by atoms with Gasteiger partial charge in [-0.3, -0.25) is 9.59 Å². The maximum atomic E-state index is 12.0. The average Bonchev–Trinajstić information content (AvgIpc) is 3.84. The average molecular weight is 877 g/mol. The van der Waals surface area contributed by atoms with Crippen molar-refractivity contribution in [2.75, 3.05) is 40.6 Å². The van der Waals surface area contributed by atoms with E-state index < -0.39 is 11.6 Å². The fourth-order valence-electron chi connectivity index (χ4n) is 19.6. The van der Waals surface area contributed by atoms with Crippen LogP contribution in [0.25, 0.3) is 0 Å². The van der Waals surface area contributed by atoms with Crippen molar-refractivity contribution in [1.29, 1.82) is 0 Å². The Morgan fingerprint density at radius 1 is 0.492 bits per heavy atom. The molecule has 16 atom stereocenters. The first-order chi connectivity index (χ1) is 30.0. The monoisotopic (exact) mass is 877 g/mol. The normalized spacial score (nSPS) is 52.1. The summed E-state index contributed by atoms with van der Waals surface area (Å²) >= 11 is 0. The van der Waals surface area contributed by atoms with Crippen molar-refractivity contribution in [2.45, 2.75) is 194 Å². The summed E-state index contributed by atoms with van der Waals surface area (Å²) < 4.78 is 38.0. The molecule has 0 bridgehead atoms. The van der Waals surface area contributed by atoms with E-state index in [1.54, 1.807) is 0 Å². The highest BCUT2D eigenvalue weighted by Crippen LogP contribution is 2.71. The second kappa shape index (κ2) is 16.5. The predicted octanol–water partition coefficient (Wildman–Crippen LogP) is 12.0. The molecule has 2 aliphatic heterocycles. The fourth-order valence-corrected chi connectivity index (χ4v) is 19.6. The molecule has 0 amide bonds. The van der Waals surface area contributed by atoms with Gasteiger partial charge in [-0.05, 0) is 195 Å². The first-order valence-corrected chi connectivity index (χ1v) is 26.7. The van der Waals surface area contributed by atoms with Gasteiger partial charge in [-0.2, -0.15) is 0 Å². The van der Waals surface area contributed by atoms with Gasteiger partial charge in [0.05, 0.1) is 46.1 Å². The first-order valence-electron chi connectivity index (χ1n) is 26.7. The SMILES string of the molecule is COC(=O)CC[C@@H](C)[C@H]1CC[C@H]2[C@@H]3CC[C@@H]4CC5(CC[C@]4(C)[C@H]3CC[C@]12C)OCC1(CO5)COC2(CC[C@@]3(C)[C@H](CC[C@@H]4[C@@H]3CC[C@]3(C)[C@@H]([C@H](C)CCC(=O)OC)CC[C@@H]43)C2)OC1. The van der Waals surface area contributed by atoms with Gasteiger partial charge in [0, 0.05) is 38.5 Å². The topological polar surface area (TPSA) is 89.5 Å². The molecule has 63 heavy (non-hydrogen) atoms. The number of carbonyl (C=O) groups is 2. The Morgan fingerprint density at radius 2 is 0.873 bits per heavy atom. The van der Waals surface area contributed by atoms with E-state index in [2.05, 4.69) is 41.5 Å². The number of hydrogen-bond acceptors (Lipinski definition) is 8. The molecule has 3 spiro atoms. The number of methoxy groups -OCH3 is 2. The first kappa shape index (κ1) is 45.6. The minimum atomic E-state index is -0.449. The Bertz CT molecular complexity index is 1570. The van der Waals surface area contributed by atoms with Crippen molar-refractivity contribution in [1.82, 2.24) is 0 Å². The quantitative estimate of drug-likeness (QED) is 0.223. The second-order valence-corrected chi connectivity index (χ2v) is 25.8. The van der Waals surface area contributed by atoms with Gasteiger partial charge in [-0.1, -0.05) is 41.5 Å². The van der Waals surface area contributed by atoms with Gasteiger partial charge in [0.2, 0.25) is 0 Å². The molecule has 0 N–H and O–H groups in total. The molecule has 8 saturated carbocycles. The van der Waals surface area contributed by atoms with Gasteiger partial charge in [-0.25, -0.2) is 0 Å². The lowest BCUT2D eigenvalue weighted by Crippen LogP contribution is -2.63. The smallest absolute Gasteiger partial charge is 0.305 e. The molecule has 0 aromatic carbocycles. The van der Waals surface area contributed by atoms with Crippen LogP contribution in [0.5, 0.6) is 0 Å². The molecule has 0 aromatic rings. The Balaban J connectivity index is 0.718. The highest BCUT2D eigenvalue weighted by atomic mass is 16.7. The minimum Gasteiger partial charge on any atom is -0.469 e. The maximum absolute atomic E-state index is 12.0. The highest BCUT2D eigenvalue weighted by molar-refractivity contribution is 5.69. The molecule has 356 valence electrons. The van der Waals surface area contributed by atoms with E-state index in [1.807, 2.05) is 0 Å². The van der Waals surface area contributed by atoms with E-state index in [1.165, 1.54) is 104 Å². The third kappa shape index (κ3) is 7.37. The number of hydrogen-bond donors (Lipinski definition) is 0. The maximum Gasteiger partial charge on any atom is 0.305 e. The summed E-state index contributed by atoms with van der Waals surface area (Å²) in [6, 6.07) is 0. The third-order valence-electron chi connectivity index (χ3n) is 23.5. The second-order valence-electron chi connectivity index (χ2n) is 25.8. The Labute approximate surface area is 381 Å². The van der Waals surface area contributed by atoms with Crippen LogP contribution in [0.15, 0.2) is 0 Å². The summed E-state index contributed by atoms with van der Waals surface area (Å²) in [6.45, 7) is 18.2. The van der Waals surface area contributed by atoms with Crippen LogP contribution >= 0.6 is 0 Å². The van der Waals surface area contributed by atoms with Crippen LogP contribution in [0.3, 0.4) is 0 Å². The summed E-state index contributed by atoms with van der Waals surface area (Å²) in [7, 11) is 3.04. The molecule has 0 unspecified atom stereocenters. The molecule has 8 heteroatoms. The van der Waals surface area contributed by atoms with E-state index in [9.17, 15) is 9.59 Å². The van der Waals surface area contributed by atoms with Crippen molar-refractivity contribution in [3.05, 3.63) is 0 Å². The number of carbonyl (C=O) groups excluding carboxylic acids is 2. The lowest BCUT2D eigenvalue weighted by Gasteiger charge is -2.64. The molecule has 2 saturated heterocycles. The van der Waals surface area contributed by atoms with E-state index in [4.69, 9.17) is 28.4 Å². The zero-order valence-corrected chi connectivity index (χ0v) is 41.1. The summed E-state index contributed by atoms with van der Waals surface area (Å²) in [6.07, 6.45) is 25.7. The minimum absolute atomic E-state index is 0.0573. The number of rotatable bonds is 8. The number of esters is 2. The van der Waals surface area contributed by atoms with E-state index in [0.29, 0.717) is 84.6 Å². The predicted molar refractivity (Wildman–Crippen MR) is 243 cm³/mol. The van der Waals surface area contributed by atoms with Gasteiger partial charge < -0.3 is 28.4 Å². The molecule has 10 rings (SSSR count). The van der Waals surface area contributed by atoms with Crippen LogP contribution in [0.2, 0.25) is 0 Å². The Hall–Kier alpha value is -1.22. The standard InChI is InChI=1S/C55H88O8/c1-35(9-19-47(56)58-7)41-15-17-43-39-13-11-37-29-54(27-25-49(37,3)45(39)21-23-51(41,43)5)60-31-53(32-61-54)33-62-55(63-34-53)28-26-50(4)38(30-55)12-14-40-44-18-16-42(36(2)10-20-48(57)59-8)52(44,6)24-22-46(40)50/h35-46H,9-34H2,1-8H3/t35-,36-,37-,38-,39+,40+,41-,42-,43+,44+,45+,46+,49+,50+,51-,52-,53?,54?,55?/m1/s1. The molecule has 0 radical (unpaired) electrons. The van der Waals surface area contributed by atoms with Gasteiger partial charge in [0.15, 0.2) is 11.6 Å². The summed E-state index contributed by atoms with van der Waals surface area (Å²) in [5, 5.41) is 0. The lowest BCUT2D eigenvalue weighted by atomic mass is 9.44. The van der Waals surface area contributed by atoms with Gasteiger partial charge in [0.1, 0.15) is 0 Å². The molecule has 10 fully saturated rings.